The molecule has 3 aliphatic carbocycles. The van der Waals surface area contributed by atoms with Crippen molar-refractivity contribution in [1.82, 2.24) is 0 Å². The highest BCUT2D eigenvalue weighted by atomic mass is 16.5. The number of nitriles is 1. The summed E-state index contributed by atoms with van der Waals surface area (Å²) >= 11 is 0. The normalized spacial score (nSPS) is 36.0. The van der Waals surface area contributed by atoms with Gasteiger partial charge >= 0.3 is 0 Å². The Labute approximate surface area is 151 Å². The third-order valence-corrected chi connectivity index (χ3v) is 7.38. The van der Waals surface area contributed by atoms with Crippen molar-refractivity contribution < 1.29 is 9.47 Å². The van der Waals surface area contributed by atoms with E-state index in [0.29, 0.717) is 30.5 Å². The summed E-state index contributed by atoms with van der Waals surface area (Å²) in [5.41, 5.74) is 3.39. The van der Waals surface area contributed by atoms with E-state index in [1.54, 1.807) is 12.7 Å². The standard InChI is InChI=1S/C22H29NO2/c1-22-11-10-18-17-7-5-16(24-2)14-15(17)4-6-19(18)20(22)8-9-21(22)25-13-3-12-23/h5,7,14,18-21H,3-4,6,8-11,13H2,1-2H3/t18-,19+,20+,21+,22-/m1/s1. The average Bonchev–Trinajstić information content (AvgIpc) is 2.98. The molecule has 0 unspecified atom stereocenters. The number of hydrogen-bond acceptors (Lipinski definition) is 3. The van der Waals surface area contributed by atoms with Crippen LogP contribution in [0.25, 0.3) is 0 Å². The summed E-state index contributed by atoms with van der Waals surface area (Å²) < 4.78 is 11.6. The average molecular weight is 339 g/mol. The summed E-state index contributed by atoms with van der Waals surface area (Å²) in [6, 6.07) is 8.92. The van der Waals surface area contributed by atoms with Gasteiger partial charge in [-0.1, -0.05) is 13.0 Å². The van der Waals surface area contributed by atoms with Crippen LogP contribution < -0.4 is 4.74 Å². The molecular weight excluding hydrogens is 310 g/mol. The minimum absolute atomic E-state index is 0.306. The van der Waals surface area contributed by atoms with Gasteiger partial charge < -0.3 is 9.47 Å². The molecule has 0 N–H and O–H groups in total. The van der Waals surface area contributed by atoms with Crippen LogP contribution in [0.2, 0.25) is 0 Å². The molecule has 0 aromatic heterocycles. The Kier molecular flexibility index (Phi) is 4.50. The molecule has 0 saturated heterocycles. The zero-order chi connectivity index (χ0) is 17.4. The first-order valence-corrected chi connectivity index (χ1v) is 9.82. The van der Waals surface area contributed by atoms with Gasteiger partial charge in [-0.15, -0.1) is 0 Å². The molecular formula is C22H29NO2. The van der Waals surface area contributed by atoms with Gasteiger partial charge in [0.2, 0.25) is 0 Å². The van der Waals surface area contributed by atoms with Crippen LogP contribution in [0.15, 0.2) is 18.2 Å². The van der Waals surface area contributed by atoms with Gasteiger partial charge in [0.1, 0.15) is 5.75 Å². The van der Waals surface area contributed by atoms with Crippen molar-refractivity contribution in [3.8, 4) is 11.8 Å². The minimum atomic E-state index is 0.306. The largest absolute Gasteiger partial charge is 0.497 e. The zero-order valence-electron chi connectivity index (χ0n) is 15.5. The van der Waals surface area contributed by atoms with Crippen LogP contribution in [0, 0.1) is 28.6 Å². The van der Waals surface area contributed by atoms with Crippen LogP contribution in [0.3, 0.4) is 0 Å². The van der Waals surface area contributed by atoms with Gasteiger partial charge in [0.05, 0.1) is 32.3 Å². The zero-order valence-corrected chi connectivity index (χ0v) is 15.5. The maximum absolute atomic E-state index is 8.78. The first-order chi connectivity index (χ1) is 12.2. The number of ether oxygens (including phenoxy) is 2. The second-order valence-electron chi connectivity index (χ2n) is 8.37. The number of methoxy groups -OCH3 is 1. The smallest absolute Gasteiger partial charge is 0.119 e. The van der Waals surface area contributed by atoms with Crippen LogP contribution >= 0.6 is 0 Å². The number of nitrogens with zero attached hydrogens (tertiary/aromatic N) is 1. The van der Waals surface area contributed by atoms with E-state index in [1.807, 2.05) is 0 Å². The summed E-state index contributed by atoms with van der Waals surface area (Å²) in [4.78, 5) is 0. The number of aryl methyl sites for hydroxylation is 1. The lowest BCUT2D eigenvalue weighted by atomic mass is 9.55. The summed E-state index contributed by atoms with van der Waals surface area (Å²) in [5.74, 6) is 3.27. The number of hydrogen-bond donors (Lipinski definition) is 0. The van der Waals surface area contributed by atoms with Crippen molar-refractivity contribution in [3.05, 3.63) is 29.3 Å². The molecule has 3 nitrogen and oxygen atoms in total. The quantitative estimate of drug-likeness (QED) is 0.736. The topological polar surface area (TPSA) is 42.2 Å². The van der Waals surface area contributed by atoms with Gasteiger partial charge in [-0.25, -0.2) is 0 Å². The molecule has 0 radical (unpaired) electrons. The van der Waals surface area contributed by atoms with Gasteiger partial charge in [0.25, 0.3) is 0 Å². The second-order valence-corrected chi connectivity index (χ2v) is 8.37. The SMILES string of the molecule is COc1ccc2c(c1)CC[C@H]1[C@@H]2CC[C@@]2(C)[C@@H](OCCC#N)CC[C@@H]12. The maximum atomic E-state index is 8.78. The Morgan fingerprint density at radius 3 is 2.92 bits per heavy atom. The molecule has 2 saturated carbocycles. The van der Waals surface area contributed by atoms with Crippen molar-refractivity contribution in [2.24, 2.45) is 17.3 Å². The van der Waals surface area contributed by atoms with Crippen LogP contribution in [-0.4, -0.2) is 19.8 Å². The van der Waals surface area contributed by atoms with Gasteiger partial charge in [-0.3, -0.25) is 0 Å². The van der Waals surface area contributed by atoms with Crippen molar-refractivity contribution >= 4 is 0 Å². The van der Waals surface area contributed by atoms with Gasteiger partial charge in [-0.05, 0) is 85.0 Å². The maximum Gasteiger partial charge on any atom is 0.119 e. The van der Waals surface area contributed by atoms with Crippen LogP contribution in [0.1, 0.15) is 62.5 Å². The molecule has 25 heavy (non-hydrogen) atoms. The van der Waals surface area contributed by atoms with Crippen LogP contribution in [-0.2, 0) is 11.2 Å². The third kappa shape index (κ3) is 2.75. The second kappa shape index (κ2) is 6.65. The Hall–Kier alpha value is -1.53. The number of rotatable bonds is 4. The molecule has 0 amide bonds. The molecule has 1 aromatic carbocycles. The predicted octanol–water partition coefficient (Wildman–Crippen LogP) is 4.85. The molecule has 5 atom stereocenters. The van der Waals surface area contributed by atoms with E-state index in [2.05, 4.69) is 31.2 Å². The Morgan fingerprint density at radius 1 is 1.24 bits per heavy atom. The van der Waals surface area contributed by atoms with E-state index >= 15 is 0 Å². The van der Waals surface area contributed by atoms with Gasteiger partial charge in [-0.2, -0.15) is 5.26 Å². The molecule has 2 fully saturated rings. The lowest BCUT2D eigenvalue weighted by Gasteiger charge is -2.50. The van der Waals surface area contributed by atoms with Crippen molar-refractivity contribution in [2.45, 2.75) is 63.9 Å². The number of fused-ring (bicyclic) bond motifs is 5. The first kappa shape index (κ1) is 16.9. The summed E-state index contributed by atoms with van der Waals surface area (Å²) in [5, 5.41) is 8.78. The van der Waals surface area contributed by atoms with E-state index in [4.69, 9.17) is 14.7 Å². The monoisotopic (exact) mass is 339 g/mol. The minimum Gasteiger partial charge on any atom is -0.497 e. The Bertz CT molecular complexity index is 679. The van der Waals surface area contributed by atoms with Crippen molar-refractivity contribution in [3.63, 3.8) is 0 Å². The summed E-state index contributed by atoms with van der Waals surface area (Å²) in [6.07, 6.45) is 8.33. The fraction of sp³-hybridized carbons (Fsp3) is 0.682. The highest BCUT2D eigenvalue weighted by Crippen LogP contribution is 2.61. The molecule has 4 rings (SSSR count). The van der Waals surface area contributed by atoms with E-state index < -0.39 is 0 Å². The van der Waals surface area contributed by atoms with Crippen LogP contribution in [0.4, 0.5) is 0 Å². The fourth-order valence-corrected chi connectivity index (χ4v) is 6.16. The van der Waals surface area contributed by atoms with Gasteiger partial charge in [0.15, 0.2) is 0 Å². The molecule has 0 aliphatic heterocycles. The highest BCUT2D eigenvalue weighted by Gasteiger charge is 2.55. The summed E-state index contributed by atoms with van der Waals surface area (Å²) in [6.45, 7) is 3.06. The van der Waals surface area contributed by atoms with Gasteiger partial charge in [0, 0.05) is 0 Å². The van der Waals surface area contributed by atoms with Crippen molar-refractivity contribution in [1.29, 1.82) is 5.26 Å². The molecule has 0 bridgehead atoms. The van der Waals surface area contributed by atoms with E-state index in [0.717, 1.165) is 17.6 Å². The molecule has 1 aromatic rings. The molecule has 3 aliphatic rings. The van der Waals surface area contributed by atoms with E-state index in [-0.39, 0.29) is 0 Å². The summed E-state index contributed by atoms with van der Waals surface area (Å²) in [7, 11) is 1.75. The Morgan fingerprint density at radius 2 is 2.12 bits per heavy atom. The third-order valence-electron chi connectivity index (χ3n) is 7.38. The lowest BCUT2D eigenvalue weighted by Crippen LogP contribution is -2.44. The van der Waals surface area contributed by atoms with E-state index in [1.165, 1.54) is 44.1 Å². The number of benzene rings is 1. The lowest BCUT2D eigenvalue weighted by molar-refractivity contribution is -0.0623. The molecule has 0 heterocycles. The van der Waals surface area contributed by atoms with Crippen molar-refractivity contribution in [2.75, 3.05) is 13.7 Å². The molecule has 134 valence electrons. The first-order valence-electron chi connectivity index (χ1n) is 9.82. The van der Waals surface area contributed by atoms with E-state index in [9.17, 15) is 0 Å². The molecule has 0 spiro atoms. The van der Waals surface area contributed by atoms with Crippen LogP contribution in [0.5, 0.6) is 5.75 Å². The Balaban J connectivity index is 1.55. The fourth-order valence-electron chi connectivity index (χ4n) is 6.16. The predicted molar refractivity (Wildman–Crippen MR) is 97.6 cm³/mol. The highest BCUT2D eigenvalue weighted by molar-refractivity contribution is 5.40. The molecule has 3 heteroatoms.